The predicted molar refractivity (Wildman–Crippen MR) is 112 cm³/mol. The fourth-order valence-electron chi connectivity index (χ4n) is 2.18. The summed E-state index contributed by atoms with van der Waals surface area (Å²) in [4.78, 5) is 19.4. The van der Waals surface area contributed by atoms with Gasteiger partial charge in [0.15, 0.2) is 5.69 Å². The van der Waals surface area contributed by atoms with Crippen molar-refractivity contribution in [1.29, 1.82) is 0 Å². The highest BCUT2D eigenvalue weighted by atomic mass is 16.6. The smallest absolute Gasteiger partial charge is 0.423 e. The number of H-pyrrole nitrogens is 1. The molecule has 2 heterocycles. The number of nitro groups is 2. The van der Waals surface area contributed by atoms with Gasteiger partial charge in [-0.05, 0) is 27.4 Å². The molecule has 158 valence electrons. The van der Waals surface area contributed by atoms with Gasteiger partial charge in [-0.15, -0.1) is 5.10 Å². The second-order valence-corrected chi connectivity index (χ2v) is 5.68. The molecule has 0 aliphatic heterocycles. The highest BCUT2D eigenvalue weighted by Crippen LogP contribution is 2.15. The van der Waals surface area contributed by atoms with Gasteiger partial charge >= 0.3 is 18.8 Å². The first-order chi connectivity index (χ1) is 14.9. The molecule has 0 atom stereocenters. The summed E-state index contributed by atoms with van der Waals surface area (Å²) in [5.74, 6) is -0.110. The van der Waals surface area contributed by atoms with Crippen molar-refractivity contribution in [2.24, 2.45) is 0 Å². The molecular weight excluding hydrogens is 407 g/mol. The van der Waals surface area contributed by atoms with Crippen LogP contribution >= 0.6 is 0 Å². The summed E-state index contributed by atoms with van der Waals surface area (Å²) >= 11 is 0. The molecule has 0 amide bonds. The van der Waals surface area contributed by atoms with Crippen LogP contribution in [0.5, 0.6) is 0 Å². The van der Waals surface area contributed by atoms with Crippen molar-refractivity contribution in [3.8, 4) is 5.69 Å². The molecule has 0 spiro atoms. The van der Waals surface area contributed by atoms with Crippen molar-refractivity contribution in [1.82, 2.24) is 20.0 Å². The second-order valence-electron chi connectivity index (χ2n) is 5.68. The third-order valence-electron chi connectivity index (χ3n) is 3.59. The first-order valence-corrected chi connectivity index (χ1v) is 8.69. The van der Waals surface area contributed by atoms with Gasteiger partial charge in [-0.25, -0.2) is 0 Å². The van der Waals surface area contributed by atoms with Gasteiger partial charge in [0, 0.05) is 0 Å². The van der Waals surface area contributed by atoms with Crippen molar-refractivity contribution < 1.29 is 19.9 Å². The molecular formula is C18H17BN6O6. The quantitative estimate of drug-likeness (QED) is 0.251. The lowest BCUT2D eigenvalue weighted by atomic mass is 9.81. The molecule has 13 heteroatoms. The fraction of sp³-hybridized carbons (Fsp3) is 0. The Labute approximate surface area is 175 Å². The van der Waals surface area contributed by atoms with E-state index in [-0.39, 0.29) is 11.6 Å². The average Bonchev–Trinajstić information content (AvgIpc) is 3.48. The van der Waals surface area contributed by atoms with E-state index in [9.17, 15) is 20.2 Å². The van der Waals surface area contributed by atoms with Gasteiger partial charge in [0.05, 0.1) is 24.5 Å². The van der Waals surface area contributed by atoms with Gasteiger partial charge < -0.3 is 30.3 Å². The molecule has 4 aromatic rings. The fourth-order valence-corrected chi connectivity index (χ4v) is 2.18. The Bertz CT molecular complexity index is 1070. The topological polar surface area (TPSA) is 173 Å². The van der Waals surface area contributed by atoms with E-state index in [0.29, 0.717) is 11.2 Å². The number of aromatic nitrogens is 4. The maximum absolute atomic E-state index is 10.6. The molecule has 0 aliphatic rings. The summed E-state index contributed by atoms with van der Waals surface area (Å²) in [5.41, 5.74) is 1.21. The van der Waals surface area contributed by atoms with E-state index in [1.165, 1.54) is 29.2 Å². The Morgan fingerprint density at radius 3 is 1.87 bits per heavy atom. The number of rotatable bonds is 4. The van der Waals surface area contributed by atoms with Crippen LogP contribution in [0.2, 0.25) is 0 Å². The van der Waals surface area contributed by atoms with Crippen LogP contribution in [0.3, 0.4) is 0 Å². The predicted octanol–water partition coefficient (Wildman–Crippen LogP) is 1.46. The van der Waals surface area contributed by atoms with E-state index in [1.54, 1.807) is 48.5 Å². The third-order valence-corrected chi connectivity index (χ3v) is 3.59. The minimum atomic E-state index is -1.34. The van der Waals surface area contributed by atoms with Gasteiger partial charge in [0.1, 0.15) is 0 Å². The molecule has 4 rings (SSSR count). The molecule has 31 heavy (non-hydrogen) atoms. The van der Waals surface area contributed by atoms with E-state index in [0.717, 1.165) is 0 Å². The number of hydrogen-bond donors (Lipinski definition) is 3. The lowest BCUT2D eigenvalue weighted by molar-refractivity contribution is -0.391. The first-order valence-electron chi connectivity index (χ1n) is 8.69. The summed E-state index contributed by atoms with van der Waals surface area (Å²) in [6.45, 7) is 0. The Morgan fingerprint density at radius 2 is 1.45 bits per heavy atom. The van der Waals surface area contributed by atoms with E-state index in [2.05, 4.69) is 15.3 Å². The SMILES string of the molecule is O=[N+]([O-])c1ccn[nH]1.O=[N+]([O-])c1ccnn1-c1ccccc1.OB(O)c1ccccc1. The van der Waals surface area contributed by atoms with Gasteiger partial charge in [0.2, 0.25) is 0 Å². The van der Waals surface area contributed by atoms with E-state index >= 15 is 0 Å². The zero-order valence-corrected chi connectivity index (χ0v) is 15.9. The number of aromatic amines is 1. The number of nitrogens with zero attached hydrogens (tertiary/aromatic N) is 5. The Morgan fingerprint density at radius 1 is 0.839 bits per heavy atom. The van der Waals surface area contributed by atoms with Gasteiger partial charge in [-0.2, -0.15) is 0 Å². The molecule has 0 bridgehead atoms. The molecule has 0 radical (unpaired) electrons. The highest BCUT2D eigenvalue weighted by molar-refractivity contribution is 6.58. The summed E-state index contributed by atoms with van der Waals surface area (Å²) in [6.07, 6.45) is 2.74. The second kappa shape index (κ2) is 11.6. The molecule has 0 aliphatic carbocycles. The van der Waals surface area contributed by atoms with E-state index in [4.69, 9.17) is 10.0 Å². The Balaban J connectivity index is 0.000000175. The van der Waals surface area contributed by atoms with Crippen LogP contribution in [0.15, 0.2) is 85.2 Å². The summed E-state index contributed by atoms with van der Waals surface area (Å²) < 4.78 is 1.29. The number of hydrogen-bond acceptors (Lipinski definition) is 8. The number of benzene rings is 2. The van der Waals surface area contributed by atoms with Crippen LogP contribution in [0, 0.1) is 20.2 Å². The van der Waals surface area contributed by atoms with Crippen molar-refractivity contribution in [2.75, 3.05) is 0 Å². The van der Waals surface area contributed by atoms with Gasteiger partial charge in [-0.1, -0.05) is 63.4 Å². The molecule has 0 saturated carbocycles. The first kappa shape index (κ1) is 22.9. The summed E-state index contributed by atoms with van der Waals surface area (Å²) in [7, 11) is -1.34. The van der Waals surface area contributed by atoms with Crippen molar-refractivity contribution >= 4 is 24.2 Å². The maximum atomic E-state index is 10.6. The van der Waals surface area contributed by atoms with E-state index < -0.39 is 17.0 Å². The minimum Gasteiger partial charge on any atom is -0.423 e. The zero-order valence-electron chi connectivity index (χ0n) is 15.9. The van der Waals surface area contributed by atoms with Crippen LogP contribution in [0.1, 0.15) is 0 Å². The lowest BCUT2D eigenvalue weighted by Crippen LogP contribution is -2.29. The van der Waals surface area contributed by atoms with Crippen LogP contribution in [0.4, 0.5) is 11.6 Å². The number of nitrogens with one attached hydrogen (secondary N) is 1. The molecule has 2 aromatic heterocycles. The summed E-state index contributed by atoms with van der Waals surface area (Å²) in [5, 5.41) is 47.0. The third kappa shape index (κ3) is 7.19. The van der Waals surface area contributed by atoms with E-state index in [1.807, 2.05) is 12.1 Å². The monoisotopic (exact) mass is 424 g/mol. The lowest BCUT2D eigenvalue weighted by Gasteiger charge is -1.97. The minimum absolute atomic E-state index is 0.0313. The average molecular weight is 424 g/mol. The highest BCUT2D eigenvalue weighted by Gasteiger charge is 2.14. The molecule has 0 fully saturated rings. The standard InChI is InChI=1S/C9H7N3O2.C6H7BO2.C3H3N3O2/c13-12(14)9-6-7-10-11(9)8-4-2-1-3-5-8;8-7(9)6-4-2-1-3-5-6;7-6(8)3-1-2-4-5-3/h1-7H;1-5,8-9H;1-2H,(H,4,5). The Kier molecular flexibility index (Phi) is 8.58. The van der Waals surface area contributed by atoms with Crippen LogP contribution in [-0.4, -0.2) is 47.0 Å². The van der Waals surface area contributed by atoms with Crippen molar-refractivity contribution in [3.05, 3.63) is 105 Å². The molecule has 0 unspecified atom stereocenters. The largest absolute Gasteiger partial charge is 0.488 e. The Hall–Kier alpha value is -4.36. The van der Waals surface area contributed by atoms with Crippen LogP contribution < -0.4 is 5.46 Å². The normalized spacial score (nSPS) is 9.48. The number of para-hydroxylation sites is 1. The molecule has 0 saturated heterocycles. The molecule has 12 nitrogen and oxygen atoms in total. The summed E-state index contributed by atoms with van der Waals surface area (Å²) in [6, 6.07) is 20.3. The van der Waals surface area contributed by atoms with Crippen molar-refractivity contribution in [2.45, 2.75) is 0 Å². The van der Waals surface area contributed by atoms with Crippen LogP contribution in [-0.2, 0) is 0 Å². The van der Waals surface area contributed by atoms with Gasteiger partial charge in [-0.3, -0.25) is 0 Å². The van der Waals surface area contributed by atoms with Gasteiger partial charge in [0.25, 0.3) is 0 Å². The van der Waals surface area contributed by atoms with Crippen molar-refractivity contribution in [3.63, 3.8) is 0 Å². The molecule has 2 aromatic carbocycles. The zero-order chi connectivity index (χ0) is 22.6. The van der Waals surface area contributed by atoms with Crippen LogP contribution in [0.25, 0.3) is 5.69 Å². The molecule has 3 N–H and O–H groups in total. The maximum Gasteiger partial charge on any atom is 0.488 e.